The molecule has 2 aromatic heterocycles. The van der Waals surface area contributed by atoms with E-state index in [0.717, 1.165) is 30.2 Å². The fraction of sp³-hybridized carbons (Fsp3) is 0.475. The van der Waals surface area contributed by atoms with Crippen LogP contribution in [0, 0.1) is 11.8 Å². The molecule has 4 unspecified atom stereocenters. The van der Waals surface area contributed by atoms with Crippen molar-refractivity contribution in [3.63, 3.8) is 0 Å². The Labute approximate surface area is 361 Å². The monoisotopic (exact) mass is 940 g/mol. The molecule has 2 aromatic carbocycles. The molecule has 2 aliphatic rings. The number of benzene rings is 2. The maximum Gasteiger partial charge on any atom is 0.407 e. The van der Waals surface area contributed by atoms with Crippen LogP contribution < -0.4 is 10.6 Å². The van der Waals surface area contributed by atoms with E-state index >= 15 is 0 Å². The second-order valence-corrected chi connectivity index (χ2v) is 15.3. The molecule has 0 spiro atoms. The third-order valence-electron chi connectivity index (χ3n) is 11.2. The molecule has 13 nitrogen and oxygen atoms in total. The summed E-state index contributed by atoms with van der Waals surface area (Å²) in [4.78, 5) is 54.1. The van der Waals surface area contributed by atoms with Gasteiger partial charge in [-0.05, 0) is 54.5 Å². The predicted octanol–water partition coefficient (Wildman–Crippen LogP) is 8.87. The van der Waals surface area contributed by atoms with Gasteiger partial charge in [0.1, 0.15) is 17.7 Å². The minimum atomic E-state index is -5.95. The van der Waals surface area contributed by atoms with Crippen LogP contribution in [0.2, 0.25) is 0 Å². The van der Waals surface area contributed by atoms with E-state index in [1.54, 1.807) is 53.8 Å². The summed E-state index contributed by atoms with van der Waals surface area (Å²) < 4.78 is 173. The highest BCUT2D eigenvalue weighted by Crippen LogP contribution is 2.45. The van der Waals surface area contributed by atoms with Crippen molar-refractivity contribution in [3.8, 4) is 33.6 Å². The largest absolute Gasteiger partial charge is 0.453 e. The van der Waals surface area contributed by atoms with Crippen molar-refractivity contribution in [1.82, 2.24) is 40.4 Å². The van der Waals surface area contributed by atoms with Gasteiger partial charge < -0.3 is 35.0 Å². The average molecular weight is 941 g/mol. The van der Waals surface area contributed by atoms with Crippen LogP contribution in [0.3, 0.4) is 0 Å². The number of hydrogen-bond donors (Lipinski definition) is 4. The van der Waals surface area contributed by atoms with E-state index in [4.69, 9.17) is 0 Å². The first kappa shape index (κ1) is 48.4. The number of nitrogens with zero attached hydrogens (tertiary/aromatic N) is 4. The van der Waals surface area contributed by atoms with Crippen molar-refractivity contribution >= 4 is 18.1 Å². The van der Waals surface area contributed by atoms with Gasteiger partial charge in [-0.1, -0.05) is 48.5 Å². The Morgan fingerprint density at radius 2 is 1.05 bits per heavy atom. The number of halogens is 12. The quantitative estimate of drug-likeness (QED) is 0.103. The van der Waals surface area contributed by atoms with Crippen LogP contribution in [-0.4, -0.2) is 118 Å². The highest BCUT2D eigenvalue weighted by molar-refractivity contribution is 5.87. The molecule has 4 N–H and O–H groups in total. The van der Waals surface area contributed by atoms with Crippen LogP contribution in [0.15, 0.2) is 60.9 Å². The number of carbonyl (C=O) groups is 3. The molecular formula is C40H40F12N8O5. The molecule has 0 aliphatic carbocycles. The molecule has 4 atom stereocenters. The Bertz CT molecular complexity index is 2250. The molecular weight excluding hydrogens is 900 g/mol. The molecule has 0 saturated carbocycles. The smallest absolute Gasteiger partial charge is 0.407 e. The fourth-order valence-corrected chi connectivity index (χ4v) is 8.21. The summed E-state index contributed by atoms with van der Waals surface area (Å²) in [5, 5.41) is 3.15. The maximum atomic E-state index is 13.7. The number of imidazole rings is 2. The lowest BCUT2D eigenvalue weighted by molar-refractivity contribution is -0.292. The molecule has 2 fully saturated rings. The lowest BCUT2D eigenvalue weighted by Gasteiger charge is -2.34. The molecule has 4 heterocycles. The Morgan fingerprint density at radius 1 is 0.631 bits per heavy atom. The van der Waals surface area contributed by atoms with Crippen LogP contribution in [0.4, 0.5) is 62.3 Å². The number of aromatic nitrogens is 4. The number of methoxy groups -OCH3 is 2. The van der Waals surface area contributed by atoms with Crippen LogP contribution >= 0.6 is 0 Å². The number of ether oxygens (including phenoxy) is 2. The fourth-order valence-electron chi connectivity index (χ4n) is 8.21. The van der Waals surface area contributed by atoms with E-state index in [1.807, 2.05) is 0 Å². The lowest BCUT2D eigenvalue weighted by Crippen LogP contribution is -2.59. The van der Waals surface area contributed by atoms with Gasteiger partial charge in [0.25, 0.3) is 0 Å². The number of amides is 3. The molecule has 6 rings (SSSR count). The Hall–Kier alpha value is -6.01. The maximum absolute atomic E-state index is 13.7. The minimum absolute atomic E-state index is 0.0943. The molecule has 4 aromatic rings. The van der Waals surface area contributed by atoms with Crippen LogP contribution in [-0.2, 0) is 14.3 Å². The molecule has 3 amide bonds. The molecule has 0 bridgehead atoms. The van der Waals surface area contributed by atoms with Gasteiger partial charge in [-0.15, -0.1) is 0 Å². The first-order valence-electron chi connectivity index (χ1n) is 19.7. The highest BCUT2D eigenvalue weighted by Gasteiger charge is 2.64. The summed E-state index contributed by atoms with van der Waals surface area (Å²) in [6.45, 7) is -0.870. The Balaban J connectivity index is 1.14. The van der Waals surface area contributed by atoms with Gasteiger partial charge in [0.05, 0.1) is 56.1 Å². The summed E-state index contributed by atoms with van der Waals surface area (Å²) in [6.07, 6.45) is -22.4. The van der Waals surface area contributed by atoms with E-state index in [9.17, 15) is 67.1 Å². The lowest BCUT2D eigenvalue weighted by atomic mass is 9.96. The number of likely N-dealkylation sites (tertiary alicyclic amines) is 2. The molecule has 65 heavy (non-hydrogen) atoms. The highest BCUT2D eigenvalue weighted by atomic mass is 19.4. The first-order valence-corrected chi connectivity index (χ1v) is 19.7. The van der Waals surface area contributed by atoms with Crippen molar-refractivity contribution in [2.75, 3.05) is 33.9 Å². The van der Waals surface area contributed by atoms with Crippen molar-refractivity contribution in [2.45, 2.75) is 74.6 Å². The van der Waals surface area contributed by atoms with E-state index in [-0.39, 0.29) is 31.8 Å². The molecule has 354 valence electrons. The van der Waals surface area contributed by atoms with E-state index in [0.29, 0.717) is 41.2 Å². The number of hydrogen-bond acceptors (Lipinski definition) is 8. The van der Waals surface area contributed by atoms with Gasteiger partial charge >= 0.3 is 36.9 Å². The molecule has 0 radical (unpaired) electrons. The van der Waals surface area contributed by atoms with Crippen molar-refractivity contribution < 1.29 is 76.5 Å². The number of aromatic amines is 2. The molecule has 25 heteroatoms. The van der Waals surface area contributed by atoms with Gasteiger partial charge in [0.15, 0.2) is 11.8 Å². The van der Waals surface area contributed by atoms with E-state index in [2.05, 4.69) is 29.4 Å². The zero-order chi connectivity index (χ0) is 47.6. The minimum Gasteiger partial charge on any atom is -0.453 e. The third-order valence-corrected chi connectivity index (χ3v) is 11.2. The molecule has 2 aliphatic heterocycles. The van der Waals surface area contributed by atoms with Gasteiger partial charge in [-0.2, -0.15) is 52.7 Å². The first-order chi connectivity index (χ1) is 30.4. The molecule has 2 saturated heterocycles. The van der Waals surface area contributed by atoms with E-state index in [1.165, 1.54) is 22.6 Å². The van der Waals surface area contributed by atoms with Gasteiger partial charge in [-0.25, -0.2) is 19.6 Å². The summed E-state index contributed by atoms with van der Waals surface area (Å²) in [7, 11) is 1.55. The summed E-state index contributed by atoms with van der Waals surface area (Å²) in [6, 6.07) is 6.85. The number of alkyl halides is 12. The zero-order valence-corrected chi connectivity index (χ0v) is 34.1. The van der Waals surface area contributed by atoms with Crippen molar-refractivity contribution in [1.29, 1.82) is 0 Å². The normalized spacial score (nSPS) is 18.6. The van der Waals surface area contributed by atoms with Gasteiger partial charge in [-0.3, -0.25) is 9.69 Å². The Morgan fingerprint density at radius 3 is 1.51 bits per heavy atom. The average Bonchev–Trinajstić information content (AvgIpc) is 4.06. The second-order valence-electron chi connectivity index (χ2n) is 15.3. The van der Waals surface area contributed by atoms with Gasteiger partial charge in [0, 0.05) is 13.1 Å². The second kappa shape index (κ2) is 18.8. The number of H-pyrrole nitrogens is 2. The van der Waals surface area contributed by atoms with E-state index < -0.39 is 85.3 Å². The summed E-state index contributed by atoms with van der Waals surface area (Å²) in [5.74, 6) is -9.30. The van der Waals surface area contributed by atoms with Gasteiger partial charge in [0.2, 0.25) is 5.91 Å². The zero-order valence-electron chi connectivity index (χ0n) is 34.1. The SMILES string of the molecule is COC(=O)NC(CN1CCCC1c1ncc(-c2ccc(-c3ccc(-c4cnc(C5CCCN5C(=O)C(NC(=O)OC)C(C(F)(F)F)C(F)(F)F)[nH]4)cc3)cc2)[nH]1)C(C(F)(F)F)C(F)(F)F. The summed E-state index contributed by atoms with van der Waals surface area (Å²) >= 11 is 0. The number of carbonyl (C=O) groups excluding carboxylic acids is 3. The van der Waals surface area contributed by atoms with Crippen molar-refractivity contribution in [2.24, 2.45) is 11.8 Å². The predicted molar refractivity (Wildman–Crippen MR) is 204 cm³/mol. The standard InChI is InChI=1S/C40H40F12N8O5/c1-64-35(62)57-26(30(37(41,42)43)38(44,45)46)19-59-15-3-5-27(59)32-53-17-24(55-32)22-11-7-20(8-12-22)21-9-13-23(14-10-21)25-18-54-33(56-25)28-6-4-16-60(28)34(61)29(58-36(63)65-2)31(39(47,48)49)40(50,51)52/h7-14,17-18,26-31H,3-6,15-16,19H2,1-2H3,(H,53,55)(H,54,56)(H,57,62)(H,58,63). The summed E-state index contributed by atoms with van der Waals surface area (Å²) in [5.41, 5.74) is 3.67. The third kappa shape index (κ3) is 11.1. The Kier molecular flexibility index (Phi) is 14.0. The van der Waals surface area contributed by atoms with Crippen molar-refractivity contribution in [3.05, 3.63) is 72.6 Å². The van der Waals surface area contributed by atoms with Crippen LogP contribution in [0.5, 0.6) is 0 Å². The van der Waals surface area contributed by atoms with Crippen LogP contribution in [0.25, 0.3) is 33.6 Å². The number of rotatable bonds is 12. The topological polar surface area (TPSA) is 158 Å². The number of alkyl carbamates (subject to hydrolysis) is 2. The van der Waals surface area contributed by atoms with Crippen LogP contribution in [0.1, 0.15) is 49.4 Å². The number of nitrogens with one attached hydrogen (secondary N) is 4.